The second-order valence-electron chi connectivity index (χ2n) is 12.0. The van der Waals surface area contributed by atoms with Crippen molar-refractivity contribution in [2.45, 2.75) is 96.4 Å². The fraction of sp³-hybridized carbons (Fsp3) is 0.586. The van der Waals surface area contributed by atoms with E-state index in [1.165, 1.54) is 19.1 Å². The Hall–Kier alpha value is -2.58. The van der Waals surface area contributed by atoms with Gasteiger partial charge in [0.05, 0.1) is 12.1 Å². The highest BCUT2D eigenvalue weighted by atomic mass is 19.1. The van der Waals surface area contributed by atoms with E-state index in [0.29, 0.717) is 11.4 Å². The van der Waals surface area contributed by atoms with E-state index in [-0.39, 0.29) is 35.9 Å². The summed E-state index contributed by atoms with van der Waals surface area (Å²) in [6.07, 6.45) is 6.83. The maximum atomic E-state index is 13.7. The molecule has 3 atom stereocenters. The first-order valence-corrected chi connectivity index (χ1v) is 13.2. The summed E-state index contributed by atoms with van der Waals surface area (Å²) in [5.41, 5.74) is 2.33. The summed E-state index contributed by atoms with van der Waals surface area (Å²) in [6, 6.07) is 4.61. The van der Waals surface area contributed by atoms with E-state index in [4.69, 9.17) is 9.72 Å². The van der Waals surface area contributed by atoms with Crippen LogP contribution >= 0.6 is 0 Å². The number of aliphatic hydroxyl groups excluding tert-OH is 1. The Labute approximate surface area is 218 Å². The van der Waals surface area contributed by atoms with Gasteiger partial charge in [-0.25, -0.2) is 13.8 Å². The molecule has 37 heavy (non-hydrogen) atoms. The van der Waals surface area contributed by atoms with Gasteiger partial charge in [-0.05, 0) is 73.3 Å². The Morgan fingerprint density at radius 1 is 1.16 bits per heavy atom. The summed E-state index contributed by atoms with van der Waals surface area (Å²) in [6.45, 7) is 8.12. The molecule has 0 unspecified atom stereocenters. The number of ether oxygens (including phenoxy) is 1. The lowest BCUT2D eigenvalue weighted by Gasteiger charge is -2.40. The molecule has 0 bridgehead atoms. The van der Waals surface area contributed by atoms with Gasteiger partial charge in [0, 0.05) is 43.8 Å². The van der Waals surface area contributed by atoms with Gasteiger partial charge in [-0.2, -0.15) is 0 Å². The van der Waals surface area contributed by atoms with Crippen LogP contribution in [-0.4, -0.2) is 40.3 Å². The number of aliphatic hydroxyl groups is 1. The number of carbonyl (C=O) groups excluding carboxylic acids is 1. The molecule has 3 N–H and O–H groups in total. The quantitative estimate of drug-likeness (QED) is 0.471. The fourth-order valence-electron chi connectivity index (χ4n) is 5.73. The van der Waals surface area contributed by atoms with Crippen LogP contribution in [0.4, 0.5) is 8.78 Å². The first kappa shape index (κ1) is 27.5. The average Bonchev–Trinajstić information content (AvgIpc) is 3.22. The Bertz CT molecular complexity index is 1090. The summed E-state index contributed by atoms with van der Waals surface area (Å²) in [5, 5.41) is 17.3. The van der Waals surface area contributed by atoms with E-state index in [1.807, 2.05) is 6.20 Å². The van der Waals surface area contributed by atoms with Crippen molar-refractivity contribution in [1.29, 1.82) is 0 Å². The molecule has 1 aliphatic heterocycles. The van der Waals surface area contributed by atoms with Gasteiger partial charge in [-0.1, -0.05) is 20.8 Å². The van der Waals surface area contributed by atoms with Gasteiger partial charge in [0.1, 0.15) is 17.2 Å². The smallest absolute Gasteiger partial charge is 0.218 e. The lowest BCUT2D eigenvalue weighted by atomic mass is 9.84. The minimum Gasteiger partial charge on any atom is -0.471 e. The number of amides is 1. The number of nitrogens with one attached hydrogen (secondary N) is 2. The number of halogens is 2. The van der Waals surface area contributed by atoms with Crippen LogP contribution in [0.1, 0.15) is 82.5 Å². The molecule has 6 nitrogen and oxygen atoms in total. The summed E-state index contributed by atoms with van der Waals surface area (Å²) in [4.78, 5) is 16.6. The molecule has 1 spiro atoms. The van der Waals surface area contributed by atoms with E-state index < -0.39 is 23.8 Å². The number of pyridine rings is 1. The highest BCUT2D eigenvalue weighted by molar-refractivity contribution is 5.73. The Morgan fingerprint density at radius 2 is 1.84 bits per heavy atom. The molecule has 4 rings (SSSR count). The molecular formula is C29H39F2N3O3. The second-order valence-corrected chi connectivity index (χ2v) is 12.0. The SMILES string of the molecule is CC(=O)N[C@@H](Cc1cc(F)cc(F)c1)[C@H](O)CN[C@H]1CC2(CCCC2)Oc2ncc(CC(C)(C)C)cc21. The third-order valence-electron chi connectivity index (χ3n) is 7.25. The largest absolute Gasteiger partial charge is 0.471 e. The number of fused-ring (bicyclic) bond motifs is 1. The number of carbonyl (C=O) groups is 1. The van der Waals surface area contributed by atoms with Crippen molar-refractivity contribution in [2.24, 2.45) is 5.41 Å². The second kappa shape index (κ2) is 11.0. The zero-order chi connectivity index (χ0) is 26.8. The van der Waals surface area contributed by atoms with Crippen LogP contribution in [0.25, 0.3) is 0 Å². The predicted molar refractivity (Wildman–Crippen MR) is 138 cm³/mol. The molecule has 1 aromatic heterocycles. The average molecular weight is 516 g/mol. The molecule has 1 saturated carbocycles. The first-order valence-electron chi connectivity index (χ1n) is 13.2. The molecule has 1 aromatic carbocycles. The number of aromatic nitrogens is 1. The van der Waals surface area contributed by atoms with Gasteiger partial charge >= 0.3 is 0 Å². The molecule has 202 valence electrons. The third-order valence-corrected chi connectivity index (χ3v) is 7.25. The van der Waals surface area contributed by atoms with Gasteiger partial charge < -0.3 is 20.5 Å². The Morgan fingerprint density at radius 3 is 2.46 bits per heavy atom. The van der Waals surface area contributed by atoms with Gasteiger partial charge in [-0.15, -0.1) is 0 Å². The number of benzene rings is 1. The highest BCUT2D eigenvalue weighted by Gasteiger charge is 2.44. The molecule has 2 aliphatic rings. The van der Waals surface area contributed by atoms with Crippen molar-refractivity contribution in [1.82, 2.24) is 15.6 Å². The van der Waals surface area contributed by atoms with Gasteiger partial charge in [0.2, 0.25) is 11.8 Å². The van der Waals surface area contributed by atoms with Gasteiger partial charge in [-0.3, -0.25) is 4.79 Å². The summed E-state index contributed by atoms with van der Waals surface area (Å²) < 4.78 is 33.9. The summed E-state index contributed by atoms with van der Waals surface area (Å²) in [7, 11) is 0. The molecule has 1 aliphatic carbocycles. The van der Waals surface area contributed by atoms with Crippen LogP contribution in [0.15, 0.2) is 30.5 Å². The maximum absolute atomic E-state index is 13.7. The fourth-order valence-corrected chi connectivity index (χ4v) is 5.73. The molecule has 0 saturated heterocycles. The molecule has 8 heteroatoms. The van der Waals surface area contributed by atoms with Crippen LogP contribution in [0.3, 0.4) is 0 Å². The third kappa shape index (κ3) is 7.26. The van der Waals surface area contributed by atoms with Crippen molar-refractivity contribution in [3.8, 4) is 5.88 Å². The summed E-state index contributed by atoms with van der Waals surface area (Å²) >= 11 is 0. The van der Waals surface area contributed by atoms with Crippen LogP contribution in [-0.2, 0) is 17.6 Å². The van der Waals surface area contributed by atoms with Crippen molar-refractivity contribution in [3.63, 3.8) is 0 Å². The van der Waals surface area contributed by atoms with Crippen LogP contribution < -0.4 is 15.4 Å². The lowest BCUT2D eigenvalue weighted by molar-refractivity contribution is -0.120. The van der Waals surface area contributed by atoms with Crippen molar-refractivity contribution in [3.05, 3.63) is 58.8 Å². The highest BCUT2D eigenvalue weighted by Crippen LogP contribution is 2.46. The van der Waals surface area contributed by atoms with E-state index in [0.717, 1.165) is 55.7 Å². The van der Waals surface area contributed by atoms with Gasteiger partial charge in [0.15, 0.2) is 0 Å². The lowest BCUT2D eigenvalue weighted by Crippen LogP contribution is -2.50. The molecule has 0 radical (unpaired) electrons. The van der Waals surface area contributed by atoms with E-state index in [1.54, 1.807) is 0 Å². The topological polar surface area (TPSA) is 83.5 Å². The maximum Gasteiger partial charge on any atom is 0.218 e. The zero-order valence-corrected chi connectivity index (χ0v) is 22.2. The number of hydrogen-bond acceptors (Lipinski definition) is 5. The van der Waals surface area contributed by atoms with Crippen LogP contribution in [0.2, 0.25) is 0 Å². The summed E-state index contributed by atoms with van der Waals surface area (Å²) in [5.74, 6) is -1.06. The first-order chi connectivity index (χ1) is 17.4. The Balaban J connectivity index is 1.53. The molecule has 1 amide bonds. The monoisotopic (exact) mass is 515 g/mol. The minimum absolute atomic E-state index is 0.0755. The van der Waals surface area contributed by atoms with E-state index >= 15 is 0 Å². The molecule has 2 heterocycles. The number of hydrogen-bond donors (Lipinski definition) is 3. The van der Waals surface area contributed by atoms with E-state index in [9.17, 15) is 18.7 Å². The van der Waals surface area contributed by atoms with Crippen molar-refractivity contribution >= 4 is 5.91 Å². The number of nitrogens with zero attached hydrogens (tertiary/aromatic N) is 1. The molecular weight excluding hydrogens is 476 g/mol. The number of rotatable bonds is 8. The van der Waals surface area contributed by atoms with Crippen LogP contribution in [0, 0.1) is 17.0 Å². The standard InChI is InChI=1S/C29H39F2N3O3/c1-18(35)34-24(12-19-9-21(30)13-22(31)10-19)26(36)17-32-25-15-29(7-5-6-8-29)37-27-23(25)11-20(16-33-27)14-28(2,3)4/h9-11,13,16,24-26,32,36H,5-8,12,14-15,17H2,1-4H3,(H,34,35)/t24-,25-,26+/m0/s1. The molecule has 2 aromatic rings. The normalized spacial score (nSPS) is 20.2. The Kier molecular flexibility index (Phi) is 8.19. The minimum atomic E-state index is -0.980. The van der Waals surface area contributed by atoms with Crippen LogP contribution in [0.5, 0.6) is 5.88 Å². The van der Waals surface area contributed by atoms with Crippen molar-refractivity contribution in [2.75, 3.05) is 6.54 Å². The molecule has 1 fully saturated rings. The van der Waals surface area contributed by atoms with E-state index in [2.05, 4.69) is 37.5 Å². The van der Waals surface area contributed by atoms with Gasteiger partial charge in [0.25, 0.3) is 0 Å². The predicted octanol–water partition coefficient (Wildman–Crippen LogP) is 4.78. The van der Waals surface area contributed by atoms with Crippen molar-refractivity contribution < 1.29 is 23.4 Å². The zero-order valence-electron chi connectivity index (χ0n) is 22.2.